The summed E-state index contributed by atoms with van der Waals surface area (Å²) in [6.45, 7) is 0. The second kappa shape index (κ2) is 13.8. The van der Waals surface area contributed by atoms with Gasteiger partial charge in [0.1, 0.15) is 11.2 Å². The molecule has 268 valence electrons. The lowest BCUT2D eigenvalue weighted by atomic mass is 9.96. The van der Waals surface area contributed by atoms with E-state index in [0.29, 0.717) is 0 Å². The summed E-state index contributed by atoms with van der Waals surface area (Å²) < 4.78 is 9.19. The van der Waals surface area contributed by atoms with Gasteiger partial charge in [-0.3, -0.25) is 0 Å². The van der Waals surface area contributed by atoms with E-state index in [1.807, 2.05) is 17.4 Å². The van der Waals surface area contributed by atoms with Crippen LogP contribution < -0.4 is 4.90 Å². The minimum absolute atomic E-state index is 0.895. The Bertz CT molecular complexity index is 3210. The molecule has 9 aromatic carbocycles. The molecule has 0 saturated heterocycles. The van der Waals surface area contributed by atoms with Crippen molar-refractivity contribution in [3.63, 3.8) is 0 Å². The molecule has 2 aromatic heterocycles. The lowest BCUT2D eigenvalue weighted by molar-refractivity contribution is 0.670. The first-order valence-electron chi connectivity index (χ1n) is 19.3. The van der Waals surface area contributed by atoms with Gasteiger partial charge in [0.15, 0.2) is 0 Å². The van der Waals surface area contributed by atoms with Crippen LogP contribution in [0.15, 0.2) is 217 Å². The van der Waals surface area contributed by atoms with Gasteiger partial charge in [-0.15, -0.1) is 11.3 Å². The largest absolute Gasteiger partial charge is 0.455 e. The molecule has 0 radical (unpaired) electrons. The van der Waals surface area contributed by atoms with Crippen LogP contribution in [0.3, 0.4) is 0 Å². The Labute approximate surface area is 335 Å². The Balaban J connectivity index is 1.10. The predicted molar refractivity (Wildman–Crippen MR) is 243 cm³/mol. The first-order chi connectivity index (χ1) is 28.2. The summed E-state index contributed by atoms with van der Waals surface area (Å²) in [5.74, 6) is 0. The fourth-order valence-corrected chi connectivity index (χ4v) is 9.34. The number of anilines is 3. The summed E-state index contributed by atoms with van der Waals surface area (Å²) in [6.07, 6.45) is 0. The number of fused-ring (bicyclic) bond motifs is 6. The smallest absolute Gasteiger partial charge is 0.143 e. The molecule has 0 aliphatic carbocycles. The molecule has 57 heavy (non-hydrogen) atoms. The van der Waals surface area contributed by atoms with E-state index in [9.17, 15) is 0 Å². The first-order valence-corrected chi connectivity index (χ1v) is 20.1. The zero-order valence-corrected chi connectivity index (χ0v) is 31.8. The van der Waals surface area contributed by atoms with Crippen molar-refractivity contribution in [3.8, 4) is 44.5 Å². The van der Waals surface area contributed by atoms with Crippen molar-refractivity contribution in [2.75, 3.05) is 4.90 Å². The highest BCUT2D eigenvalue weighted by Gasteiger charge is 2.20. The molecule has 3 heteroatoms. The Morgan fingerprint density at radius 1 is 0.316 bits per heavy atom. The minimum Gasteiger partial charge on any atom is -0.455 e. The summed E-state index contributed by atoms with van der Waals surface area (Å²) in [7, 11) is 0. The van der Waals surface area contributed by atoms with E-state index in [1.165, 1.54) is 42.4 Å². The standard InChI is InChI=1S/C54H35NOS/c1-3-12-36(13-4-1)38-22-24-39(25-23-38)40-26-28-43(29-27-40)55(44-30-31-53-50(35-44)48-17-8-10-21-52(48)57-53)45-33-41(37-14-5-2-6-15-37)32-42(34-45)46-18-11-19-49-47-16-7-9-20-51(47)56-54(46)49/h1-35H. The highest BCUT2D eigenvalue weighted by Crippen LogP contribution is 2.45. The van der Waals surface area contributed by atoms with Crippen molar-refractivity contribution in [2.24, 2.45) is 0 Å². The van der Waals surface area contributed by atoms with Gasteiger partial charge in [0.2, 0.25) is 0 Å². The lowest BCUT2D eigenvalue weighted by Crippen LogP contribution is -2.10. The molecule has 0 aliphatic rings. The van der Waals surface area contributed by atoms with Crippen LogP contribution in [0.5, 0.6) is 0 Å². The third kappa shape index (κ3) is 5.97. The van der Waals surface area contributed by atoms with E-state index >= 15 is 0 Å². The van der Waals surface area contributed by atoms with E-state index in [-0.39, 0.29) is 0 Å². The Morgan fingerprint density at radius 3 is 1.60 bits per heavy atom. The SMILES string of the molecule is c1ccc(-c2ccc(-c3ccc(N(c4cc(-c5ccccc5)cc(-c5cccc6c5oc5ccccc56)c4)c4ccc5sc6ccccc6c5c4)cc3)cc2)cc1. The van der Waals surface area contributed by atoms with Gasteiger partial charge < -0.3 is 9.32 Å². The van der Waals surface area contributed by atoms with Crippen molar-refractivity contribution >= 4 is 70.5 Å². The normalized spacial score (nSPS) is 11.5. The molecular weight excluding hydrogens is 711 g/mol. The average molecular weight is 746 g/mol. The molecular formula is C54H35NOS. The molecule has 0 amide bonds. The second-order valence-electron chi connectivity index (χ2n) is 14.5. The molecule has 0 aliphatic heterocycles. The summed E-state index contributed by atoms with van der Waals surface area (Å²) in [5.41, 5.74) is 14.3. The van der Waals surface area contributed by atoms with Gasteiger partial charge in [-0.2, -0.15) is 0 Å². The van der Waals surface area contributed by atoms with Gasteiger partial charge in [0.25, 0.3) is 0 Å². The molecule has 11 rings (SSSR count). The number of benzene rings is 9. The zero-order chi connectivity index (χ0) is 37.7. The van der Waals surface area contributed by atoms with Crippen molar-refractivity contribution in [2.45, 2.75) is 0 Å². The monoisotopic (exact) mass is 745 g/mol. The van der Waals surface area contributed by atoms with Crippen LogP contribution >= 0.6 is 11.3 Å². The summed E-state index contributed by atoms with van der Waals surface area (Å²) >= 11 is 1.85. The molecule has 0 atom stereocenters. The summed E-state index contributed by atoms with van der Waals surface area (Å²) in [6, 6.07) is 76.5. The number of hydrogen-bond donors (Lipinski definition) is 0. The number of hydrogen-bond acceptors (Lipinski definition) is 3. The third-order valence-electron chi connectivity index (χ3n) is 11.1. The van der Waals surface area contributed by atoms with E-state index < -0.39 is 0 Å². The van der Waals surface area contributed by atoms with E-state index in [0.717, 1.165) is 61.3 Å². The van der Waals surface area contributed by atoms with Crippen LogP contribution in [-0.2, 0) is 0 Å². The molecule has 0 saturated carbocycles. The van der Waals surface area contributed by atoms with Crippen molar-refractivity contribution < 1.29 is 4.42 Å². The summed E-state index contributed by atoms with van der Waals surface area (Å²) in [4.78, 5) is 2.41. The van der Waals surface area contributed by atoms with Gasteiger partial charge in [0.05, 0.1) is 0 Å². The lowest BCUT2D eigenvalue weighted by Gasteiger charge is -2.27. The molecule has 0 bridgehead atoms. The van der Waals surface area contributed by atoms with E-state index in [1.54, 1.807) is 0 Å². The van der Waals surface area contributed by atoms with Gasteiger partial charge >= 0.3 is 0 Å². The van der Waals surface area contributed by atoms with Gasteiger partial charge in [0, 0.05) is 53.6 Å². The Hall–Kier alpha value is -7.20. The van der Waals surface area contributed by atoms with Crippen LogP contribution in [0.1, 0.15) is 0 Å². The molecule has 11 aromatic rings. The molecule has 2 heterocycles. The number of furan rings is 1. The highest BCUT2D eigenvalue weighted by molar-refractivity contribution is 7.25. The minimum atomic E-state index is 0.895. The van der Waals surface area contributed by atoms with Crippen molar-refractivity contribution in [1.29, 1.82) is 0 Å². The number of thiophene rings is 1. The van der Waals surface area contributed by atoms with Gasteiger partial charge in [-0.25, -0.2) is 0 Å². The fourth-order valence-electron chi connectivity index (χ4n) is 8.26. The maximum Gasteiger partial charge on any atom is 0.143 e. The van der Waals surface area contributed by atoms with Crippen LogP contribution in [0.4, 0.5) is 17.1 Å². The first kappa shape index (κ1) is 33.2. The van der Waals surface area contributed by atoms with Crippen LogP contribution in [0.2, 0.25) is 0 Å². The predicted octanol–water partition coefficient (Wildman–Crippen LogP) is 16.1. The molecule has 0 spiro atoms. The fraction of sp³-hybridized carbons (Fsp3) is 0. The van der Waals surface area contributed by atoms with Crippen LogP contribution in [0, 0.1) is 0 Å². The zero-order valence-electron chi connectivity index (χ0n) is 31.0. The van der Waals surface area contributed by atoms with E-state index in [4.69, 9.17) is 4.42 Å². The quantitative estimate of drug-likeness (QED) is 0.162. The topological polar surface area (TPSA) is 16.4 Å². The molecule has 2 nitrogen and oxygen atoms in total. The second-order valence-corrected chi connectivity index (χ2v) is 15.6. The van der Waals surface area contributed by atoms with Gasteiger partial charge in [-0.1, -0.05) is 152 Å². The average Bonchev–Trinajstić information content (AvgIpc) is 3.86. The van der Waals surface area contributed by atoms with Crippen molar-refractivity contribution in [3.05, 3.63) is 212 Å². The molecule has 0 unspecified atom stereocenters. The maximum atomic E-state index is 6.61. The highest BCUT2D eigenvalue weighted by atomic mass is 32.1. The maximum absolute atomic E-state index is 6.61. The van der Waals surface area contributed by atoms with Crippen LogP contribution in [-0.4, -0.2) is 0 Å². The number of para-hydroxylation sites is 2. The summed E-state index contributed by atoms with van der Waals surface area (Å²) in [5, 5.41) is 4.79. The number of nitrogens with zero attached hydrogens (tertiary/aromatic N) is 1. The third-order valence-corrected chi connectivity index (χ3v) is 12.2. The van der Waals surface area contributed by atoms with Crippen LogP contribution in [0.25, 0.3) is 86.6 Å². The van der Waals surface area contributed by atoms with Crippen molar-refractivity contribution in [1.82, 2.24) is 0 Å². The van der Waals surface area contributed by atoms with E-state index in [2.05, 4.69) is 211 Å². The van der Waals surface area contributed by atoms with Gasteiger partial charge in [-0.05, 0) is 99.6 Å². The Kier molecular flexibility index (Phi) is 8.04. The molecule has 0 fully saturated rings. The molecule has 0 N–H and O–H groups in total. The number of rotatable bonds is 7. The Morgan fingerprint density at radius 2 is 0.860 bits per heavy atom.